The Balaban J connectivity index is 2.18. The van der Waals surface area contributed by atoms with Crippen molar-refractivity contribution in [3.8, 4) is 0 Å². The Hall–Kier alpha value is -1.77. The van der Waals surface area contributed by atoms with Crippen LogP contribution in [0, 0.1) is 13.8 Å². The first-order valence-electron chi connectivity index (χ1n) is 5.82. The van der Waals surface area contributed by atoms with Gasteiger partial charge in [-0.25, -0.2) is 4.79 Å². The van der Waals surface area contributed by atoms with E-state index in [2.05, 4.69) is 36.9 Å². The molecule has 2 rings (SSSR count). The van der Waals surface area contributed by atoms with Crippen molar-refractivity contribution in [2.24, 2.45) is 0 Å². The summed E-state index contributed by atoms with van der Waals surface area (Å²) < 4.78 is 0. The van der Waals surface area contributed by atoms with E-state index in [-0.39, 0.29) is 0 Å². The van der Waals surface area contributed by atoms with Gasteiger partial charge in [0.15, 0.2) is 0 Å². The SMILES string of the molecule is Cc1cc(C)cc(N2CC=C(C(=O)O)CC2)c1. The molecule has 3 heteroatoms. The number of aliphatic carboxylic acids is 1. The smallest absolute Gasteiger partial charge is 0.331 e. The highest BCUT2D eigenvalue weighted by molar-refractivity contribution is 5.87. The molecule has 17 heavy (non-hydrogen) atoms. The number of carboxylic acid groups (broad SMARTS) is 1. The van der Waals surface area contributed by atoms with Crippen molar-refractivity contribution >= 4 is 11.7 Å². The van der Waals surface area contributed by atoms with E-state index >= 15 is 0 Å². The molecule has 3 nitrogen and oxygen atoms in total. The second kappa shape index (κ2) is 4.62. The molecule has 1 aliphatic heterocycles. The Morgan fingerprint density at radius 3 is 2.35 bits per heavy atom. The van der Waals surface area contributed by atoms with E-state index < -0.39 is 5.97 Å². The van der Waals surface area contributed by atoms with Gasteiger partial charge in [-0.1, -0.05) is 12.1 Å². The molecule has 0 atom stereocenters. The Bertz CT molecular complexity index is 457. The summed E-state index contributed by atoms with van der Waals surface area (Å²) in [5.74, 6) is -0.787. The van der Waals surface area contributed by atoms with Crippen molar-refractivity contribution in [2.45, 2.75) is 20.3 Å². The van der Waals surface area contributed by atoms with Crippen LogP contribution < -0.4 is 4.90 Å². The summed E-state index contributed by atoms with van der Waals surface area (Å²) in [6.45, 7) is 5.63. The van der Waals surface area contributed by atoms with Crippen LogP contribution in [0.2, 0.25) is 0 Å². The Labute approximate surface area is 101 Å². The molecule has 1 aromatic rings. The molecular formula is C14H17NO2. The lowest BCUT2D eigenvalue weighted by atomic mass is 10.1. The number of anilines is 1. The highest BCUT2D eigenvalue weighted by Gasteiger charge is 2.16. The van der Waals surface area contributed by atoms with Gasteiger partial charge in [0.2, 0.25) is 0 Å². The zero-order valence-corrected chi connectivity index (χ0v) is 10.2. The summed E-state index contributed by atoms with van der Waals surface area (Å²) in [6, 6.07) is 6.44. The lowest BCUT2D eigenvalue weighted by Crippen LogP contribution is -2.30. The summed E-state index contributed by atoms with van der Waals surface area (Å²) in [6.07, 6.45) is 2.42. The van der Waals surface area contributed by atoms with Crippen LogP contribution in [0.25, 0.3) is 0 Å². The van der Waals surface area contributed by atoms with Gasteiger partial charge in [-0.15, -0.1) is 0 Å². The van der Waals surface area contributed by atoms with Crippen molar-refractivity contribution in [2.75, 3.05) is 18.0 Å². The van der Waals surface area contributed by atoms with Crippen LogP contribution in [-0.2, 0) is 4.79 Å². The highest BCUT2D eigenvalue weighted by Crippen LogP contribution is 2.22. The second-order valence-electron chi connectivity index (χ2n) is 4.58. The van der Waals surface area contributed by atoms with Crippen molar-refractivity contribution in [3.05, 3.63) is 41.0 Å². The molecule has 0 saturated heterocycles. The first-order chi connectivity index (χ1) is 8.06. The fourth-order valence-corrected chi connectivity index (χ4v) is 2.23. The summed E-state index contributed by atoms with van der Waals surface area (Å²) in [7, 11) is 0. The quantitative estimate of drug-likeness (QED) is 0.850. The van der Waals surface area contributed by atoms with Gasteiger partial charge >= 0.3 is 5.97 Å². The normalized spacial score (nSPS) is 15.6. The number of carbonyl (C=O) groups is 1. The maximum absolute atomic E-state index is 10.8. The van der Waals surface area contributed by atoms with E-state index in [0.29, 0.717) is 18.5 Å². The molecule has 0 fully saturated rings. The van der Waals surface area contributed by atoms with Crippen LogP contribution in [0.15, 0.2) is 29.8 Å². The fourth-order valence-electron chi connectivity index (χ4n) is 2.23. The summed E-state index contributed by atoms with van der Waals surface area (Å²) in [5, 5.41) is 8.90. The van der Waals surface area contributed by atoms with E-state index in [4.69, 9.17) is 5.11 Å². The van der Waals surface area contributed by atoms with Gasteiger partial charge in [-0.2, -0.15) is 0 Å². The third-order valence-corrected chi connectivity index (χ3v) is 3.06. The molecule has 0 unspecified atom stereocenters. The van der Waals surface area contributed by atoms with Gasteiger partial charge in [0.25, 0.3) is 0 Å². The van der Waals surface area contributed by atoms with Crippen molar-refractivity contribution < 1.29 is 9.90 Å². The first kappa shape index (κ1) is 11.7. The molecule has 0 aromatic heterocycles. The topological polar surface area (TPSA) is 40.5 Å². The molecule has 0 saturated carbocycles. The maximum Gasteiger partial charge on any atom is 0.331 e. The average molecular weight is 231 g/mol. The van der Waals surface area contributed by atoms with Crippen molar-refractivity contribution in [1.82, 2.24) is 0 Å². The van der Waals surface area contributed by atoms with E-state index in [1.807, 2.05) is 6.08 Å². The average Bonchev–Trinajstić information content (AvgIpc) is 2.28. The first-order valence-corrected chi connectivity index (χ1v) is 5.82. The highest BCUT2D eigenvalue weighted by atomic mass is 16.4. The maximum atomic E-state index is 10.8. The van der Waals surface area contributed by atoms with Gasteiger partial charge in [-0.05, 0) is 43.5 Å². The molecule has 0 aliphatic carbocycles. The van der Waals surface area contributed by atoms with Crippen LogP contribution >= 0.6 is 0 Å². The van der Waals surface area contributed by atoms with E-state index in [1.165, 1.54) is 16.8 Å². The zero-order valence-electron chi connectivity index (χ0n) is 10.2. The van der Waals surface area contributed by atoms with E-state index in [1.54, 1.807) is 0 Å². The summed E-state index contributed by atoms with van der Waals surface area (Å²) in [4.78, 5) is 13.0. The zero-order chi connectivity index (χ0) is 12.4. The predicted molar refractivity (Wildman–Crippen MR) is 68.5 cm³/mol. The van der Waals surface area contributed by atoms with Crippen LogP contribution in [-0.4, -0.2) is 24.2 Å². The Morgan fingerprint density at radius 2 is 1.88 bits per heavy atom. The minimum atomic E-state index is -0.787. The van der Waals surface area contributed by atoms with E-state index in [9.17, 15) is 4.79 Å². The van der Waals surface area contributed by atoms with Gasteiger partial charge in [0.05, 0.1) is 0 Å². The van der Waals surface area contributed by atoms with Crippen molar-refractivity contribution in [3.63, 3.8) is 0 Å². The van der Waals surface area contributed by atoms with Gasteiger partial charge < -0.3 is 10.0 Å². The number of nitrogens with zero attached hydrogens (tertiary/aromatic N) is 1. The number of hydrogen-bond acceptors (Lipinski definition) is 2. The third kappa shape index (κ3) is 2.67. The molecular weight excluding hydrogens is 214 g/mol. The Kier molecular flexibility index (Phi) is 3.18. The summed E-state index contributed by atoms with van der Waals surface area (Å²) >= 11 is 0. The number of hydrogen-bond donors (Lipinski definition) is 1. The second-order valence-corrected chi connectivity index (χ2v) is 4.58. The monoisotopic (exact) mass is 231 g/mol. The number of aryl methyl sites for hydroxylation is 2. The van der Waals surface area contributed by atoms with Crippen LogP contribution in [0.3, 0.4) is 0 Å². The fraction of sp³-hybridized carbons (Fsp3) is 0.357. The van der Waals surface area contributed by atoms with E-state index in [0.717, 1.165) is 6.54 Å². The molecule has 1 aromatic carbocycles. The van der Waals surface area contributed by atoms with Crippen molar-refractivity contribution in [1.29, 1.82) is 0 Å². The number of benzene rings is 1. The lowest BCUT2D eigenvalue weighted by Gasteiger charge is -2.28. The van der Waals surface area contributed by atoms with Crippen LogP contribution in [0.1, 0.15) is 17.5 Å². The predicted octanol–water partition coefficient (Wildman–Crippen LogP) is 2.52. The molecule has 0 amide bonds. The molecule has 0 spiro atoms. The lowest BCUT2D eigenvalue weighted by molar-refractivity contribution is -0.132. The molecule has 0 bridgehead atoms. The molecule has 1 heterocycles. The number of rotatable bonds is 2. The molecule has 90 valence electrons. The van der Waals surface area contributed by atoms with Gasteiger partial charge in [0.1, 0.15) is 0 Å². The molecule has 1 aliphatic rings. The largest absolute Gasteiger partial charge is 0.478 e. The molecule has 0 radical (unpaired) electrons. The van der Waals surface area contributed by atoms with Gasteiger partial charge in [-0.3, -0.25) is 0 Å². The van der Waals surface area contributed by atoms with Crippen LogP contribution in [0.4, 0.5) is 5.69 Å². The molecule has 1 N–H and O–H groups in total. The third-order valence-electron chi connectivity index (χ3n) is 3.06. The Morgan fingerprint density at radius 1 is 1.24 bits per heavy atom. The summed E-state index contributed by atoms with van der Waals surface area (Å²) in [5.41, 5.74) is 4.20. The minimum Gasteiger partial charge on any atom is -0.478 e. The van der Waals surface area contributed by atoms with Gasteiger partial charge in [0, 0.05) is 24.4 Å². The number of carboxylic acids is 1. The minimum absolute atomic E-state index is 0.533. The standard InChI is InChI=1S/C14H17NO2/c1-10-7-11(2)9-13(8-10)15-5-3-12(4-6-15)14(16)17/h3,7-9H,4-6H2,1-2H3,(H,16,17). The van der Waals surface area contributed by atoms with Crippen LogP contribution in [0.5, 0.6) is 0 Å².